The molecule has 0 spiro atoms. The molecule has 5 aliphatic carbocycles. The van der Waals surface area contributed by atoms with Crippen LogP contribution in [0.2, 0.25) is 0 Å². The predicted molar refractivity (Wildman–Crippen MR) is 556 cm³/mol. The lowest BCUT2D eigenvalue weighted by Gasteiger charge is -2.32. The molecule has 0 saturated carbocycles. The van der Waals surface area contributed by atoms with Gasteiger partial charge < -0.3 is 63.8 Å². The van der Waals surface area contributed by atoms with Crippen LogP contribution in [0.25, 0.3) is 0 Å². The Labute approximate surface area is 829 Å². The zero-order chi connectivity index (χ0) is 103. The molecule has 0 saturated heterocycles. The number of esters is 4. The molecule has 760 valence electrons. The van der Waals surface area contributed by atoms with Crippen LogP contribution in [-0.2, 0) is 65.7 Å². The van der Waals surface area contributed by atoms with E-state index in [0.717, 1.165) is 254 Å². The topological polar surface area (TPSA) is 309 Å². The van der Waals surface area contributed by atoms with Crippen molar-refractivity contribution >= 4 is 43.3 Å². The molecule has 0 amide bonds. The van der Waals surface area contributed by atoms with Gasteiger partial charge in [-0.25, -0.2) is 14.4 Å². The number of nitrogens with zero attached hydrogens (tertiary/aromatic N) is 1. The summed E-state index contributed by atoms with van der Waals surface area (Å²) in [5.41, 5.74) is 19.8. The summed E-state index contributed by atoms with van der Waals surface area (Å²) in [6.45, 7) is 51.3. The molecule has 5 aromatic carbocycles. The number of aliphatic hydroxyl groups excluding tert-OH is 3. The van der Waals surface area contributed by atoms with E-state index in [9.17, 15) is 59.1 Å². The zero-order valence-electron chi connectivity index (χ0n) is 86.6. The molecule has 0 heterocycles. The van der Waals surface area contributed by atoms with Gasteiger partial charge in [0, 0.05) is 57.4 Å². The number of ether oxygens (including phenoxy) is 7. The first kappa shape index (κ1) is 117. The Morgan fingerprint density at radius 2 is 0.511 bits per heavy atom. The second-order valence-corrected chi connectivity index (χ2v) is 39.3. The second-order valence-electron chi connectivity index (χ2n) is 39.3. The fourth-order valence-corrected chi connectivity index (χ4v) is 19.8. The van der Waals surface area contributed by atoms with Crippen molar-refractivity contribution in [2.75, 3.05) is 40.5 Å². The number of aliphatic hydroxyl groups is 3. The first-order valence-electron chi connectivity index (χ1n) is 50.5. The number of unbranched alkanes of at least 4 members (excludes halogenated alkanes) is 10. The van der Waals surface area contributed by atoms with Crippen LogP contribution in [0.1, 0.15) is 350 Å². The van der Waals surface area contributed by atoms with Gasteiger partial charge in [-0.15, -0.1) is 0 Å². The molecule has 5 aliphatic rings. The Hall–Kier alpha value is -11.0. The minimum Gasteiger partial charge on any atom is -0.507 e. The van der Waals surface area contributed by atoms with E-state index in [1.165, 1.54) is 27.9 Å². The van der Waals surface area contributed by atoms with Crippen LogP contribution >= 0.6 is 0 Å². The van der Waals surface area contributed by atoms with E-state index in [4.69, 9.17) is 38.3 Å². The number of allylic oxidation sites excluding steroid dienone is 15. The quantitative estimate of drug-likeness (QED) is 0.00693. The van der Waals surface area contributed by atoms with Gasteiger partial charge in [-0.05, 0) is 330 Å². The van der Waals surface area contributed by atoms with Crippen molar-refractivity contribution < 1.29 is 97.4 Å². The molecule has 0 fully saturated rings. The molecule has 10 atom stereocenters. The average Bonchev–Trinajstić information content (AvgIpc) is 1.11. The lowest BCUT2D eigenvalue weighted by Crippen LogP contribution is -2.26. The van der Waals surface area contributed by atoms with Crippen molar-refractivity contribution in [2.45, 2.75) is 326 Å². The minimum absolute atomic E-state index is 0.00843. The van der Waals surface area contributed by atoms with Gasteiger partial charge in [0.05, 0.1) is 6.54 Å². The van der Waals surface area contributed by atoms with E-state index in [-0.39, 0.29) is 100 Å². The fourth-order valence-electron chi connectivity index (χ4n) is 19.8. The van der Waals surface area contributed by atoms with E-state index in [2.05, 4.69) is 126 Å². The molecule has 21 nitrogen and oxygen atoms in total. The van der Waals surface area contributed by atoms with E-state index in [1.54, 1.807) is 23.1 Å². The smallest absolute Gasteiger partial charge is 0.337 e. The van der Waals surface area contributed by atoms with Gasteiger partial charge in [0.15, 0.2) is 0 Å². The summed E-state index contributed by atoms with van der Waals surface area (Å²) in [5.74, 6) is 1.34. The van der Waals surface area contributed by atoms with Gasteiger partial charge in [-0.2, -0.15) is 0 Å². The van der Waals surface area contributed by atoms with Gasteiger partial charge in [-0.3, -0.25) is 24.1 Å². The Kier molecular flexibility index (Phi) is 50.6. The number of hydrogen-bond acceptors (Lipinski definition) is 21. The van der Waals surface area contributed by atoms with Crippen molar-refractivity contribution in [3.8, 4) is 57.5 Å². The molecule has 0 aliphatic heterocycles. The van der Waals surface area contributed by atoms with Crippen LogP contribution < -0.4 is 33.2 Å². The molecule has 0 bridgehead atoms. The average molecular weight is 1920 g/mol. The number of hydrogen-bond donors (Lipinski definition) is 6. The SMILES string of the molecule is C=C(C)[C@@H]1CCC(C)=C[C@H]1c1c(O)cc(CCCCC)cc1OC(=O)CN(C)C.C=C(C)[C@@H]1CCC(C)=C[C@H]1c1c(O)cc(CCCCC)cc1OC(=O)CO.C=C(C)[C@@H]1CCC(C)=C[C@H]1c1c(O)cc(CCCCC)cc1OC=O.C=C(C)[C@@H]1CCC(C)=C[C@H]1c1c(OC(=O)CO)cc(CCCCC)cc1OC(=O)CO.C=C(C)[C@@H]1CCC(C)=C[C@H]1c1c(OC=O)cc(CCCCC)cc1OC=O. The number of phenols is 3. The van der Waals surface area contributed by atoms with Gasteiger partial charge in [-0.1, -0.05) is 218 Å². The number of likely N-dealkylation sites (N-methyl/N-ethyl adjacent to an activating group) is 1. The first-order chi connectivity index (χ1) is 66.4. The lowest BCUT2D eigenvalue weighted by molar-refractivity contribution is -0.138. The molecule has 0 radical (unpaired) electrons. The van der Waals surface area contributed by atoms with Crippen molar-refractivity contribution in [1.82, 2.24) is 4.90 Å². The minimum atomic E-state index is -0.783. The van der Waals surface area contributed by atoms with Gasteiger partial charge in [0.1, 0.15) is 77.3 Å². The van der Waals surface area contributed by atoms with Gasteiger partial charge >= 0.3 is 23.9 Å². The number of aromatic hydroxyl groups is 3. The van der Waals surface area contributed by atoms with Gasteiger partial charge in [0.25, 0.3) is 19.4 Å². The monoisotopic (exact) mass is 1910 g/mol. The highest BCUT2D eigenvalue weighted by Crippen LogP contribution is 2.54. The van der Waals surface area contributed by atoms with E-state index >= 15 is 0 Å². The molecule has 0 aromatic heterocycles. The van der Waals surface area contributed by atoms with E-state index < -0.39 is 37.7 Å². The summed E-state index contributed by atoms with van der Waals surface area (Å²) in [5, 5.41) is 60.2. The molecular formula is C118H163NO20. The van der Waals surface area contributed by atoms with Crippen LogP contribution in [0.5, 0.6) is 57.5 Å². The molecule has 0 unspecified atom stereocenters. The molecule has 6 N–H and O–H groups in total. The van der Waals surface area contributed by atoms with Crippen molar-refractivity contribution in [1.29, 1.82) is 0 Å². The highest BCUT2D eigenvalue weighted by Gasteiger charge is 2.38. The van der Waals surface area contributed by atoms with Crippen LogP contribution in [0.3, 0.4) is 0 Å². The predicted octanol–water partition coefficient (Wildman–Crippen LogP) is 26.1. The van der Waals surface area contributed by atoms with E-state index in [1.807, 2.05) is 98.1 Å². The number of benzene rings is 5. The summed E-state index contributed by atoms with van der Waals surface area (Å²) < 4.78 is 38.2. The third kappa shape index (κ3) is 36.3. The largest absolute Gasteiger partial charge is 0.507 e. The number of aryl methyl sites for hydroxylation is 5. The van der Waals surface area contributed by atoms with Crippen LogP contribution in [0, 0.1) is 29.6 Å². The Morgan fingerprint density at radius 1 is 0.317 bits per heavy atom. The molecule has 21 heteroatoms. The van der Waals surface area contributed by atoms with Crippen LogP contribution in [0.4, 0.5) is 0 Å². The summed E-state index contributed by atoms with van der Waals surface area (Å²) in [6, 6.07) is 18.6. The zero-order valence-corrected chi connectivity index (χ0v) is 86.6. The third-order valence-corrected chi connectivity index (χ3v) is 27.0. The van der Waals surface area contributed by atoms with Gasteiger partial charge in [0.2, 0.25) is 0 Å². The number of carbonyl (C=O) groups excluding carboxylic acids is 7. The van der Waals surface area contributed by atoms with Crippen LogP contribution in [0.15, 0.2) is 180 Å². The summed E-state index contributed by atoms with van der Waals surface area (Å²) in [7, 11) is 3.68. The molecular weight excluding hydrogens is 1750 g/mol. The molecule has 5 aromatic rings. The maximum atomic E-state index is 12.4. The fraction of sp³-hybridized carbons (Fsp3) is 0.517. The highest BCUT2D eigenvalue weighted by molar-refractivity contribution is 5.78. The Morgan fingerprint density at radius 3 is 0.727 bits per heavy atom. The maximum Gasteiger partial charge on any atom is 0.337 e. The van der Waals surface area contributed by atoms with Crippen molar-refractivity contribution in [2.24, 2.45) is 29.6 Å². The van der Waals surface area contributed by atoms with Crippen molar-refractivity contribution in [3.05, 3.63) is 235 Å². The molecule has 139 heavy (non-hydrogen) atoms. The van der Waals surface area contributed by atoms with Crippen molar-refractivity contribution in [3.63, 3.8) is 0 Å². The van der Waals surface area contributed by atoms with E-state index in [0.29, 0.717) is 70.4 Å². The Balaban J connectivity index is 0.000000267. The number of phenolic OH excluding ortho intramolecular Hbond substituents is 3. The maximum absolute atomic E-state index is 12.4. The summed E-state index contributed by atoms with van der Waals surface area (Å²) in [6.07, 6.45) is 41.0. The lowest BCUT2D eigenvalue weighted by atomic mass is 9.73. The highest BCUT2D eigenvalue weighted by atomic mass is 16.6. The molecule has 10 rings (SSSR count). The normalized spacial score (nSPS) is 19.2. The number of rotatable bonds is 45. The number of carbonyl (C=O) groups is 7. The third-order valence-electron chi connectivity index (χ3n) is 27.0. The Bertz CT molecular complexity index is 5090. The second kappa shape index (κ2) is 60.2. The first-order valence-corrected chi connectivity index (χ1v) is 50.5. The summed E-state index contributed by atoms with van der Waals surface area (Å²) in [4.78, 5) is 83.4. The van der Waals surface area contributed by atoms with Crippen LogP contribution in [-0.4, -0.2) is 119 Å². The summed E-state index contributed by atoms with van der Waals surface area (Å²) >= 11 is 0. The standard InChI is InChI=1S/C25H37NO3.C25H34O6.C23H30O4.C23H32O4.C22H30O3/c1-7-8-9-10-19-14-22(27)25(23(15-19)29-24(28)16-26(5)6)21-13-18(4)11-12-20(21)17(2)3;1-5-6-7-8-18-12-21(30-23(28)14-26)25(22(13-18)31-24(29)15-27)20-11-17(4)9-10-19(20)16(2)3;1-5-6-7-8-18-12-21(26-14-24)23(22(13-18)27-15-25)20-11-17(4)9-10-19(20)16(2)3;1-5-6-7-8-17-12-20(25)23(21(13-17)27-22(26)14-24)19-11-16(4)9-10-18(19)15(2)3;1-5-6-7-8-17-12-20(24)22(21(13-17)25-14-23)19-11-16(4)9-10-18(19)15(2)3/h13-15,20-21,27H,2,7-12,16H2,1,3-6H3;11-13,19-20,26-27H,2,5-10,14-15H2,1,3-4H3;11-15,19-20H,2,5-10H2,1,3-4H3;11-13,18-19,24-25H,2,5-10,14H2,1,3-4H3;11-14,18-19,24H,2,5-10H2,1,3-4H3/t20-,21+;2*19-,20+;2*18-,19+/m00000/s1.